The van der Waals surface area contributed by atoms with Crippen LogP contribution in [0, 0.1) is 11.8 Å². The summed E-state index contributed by atoms with van der Waals surface area (Å²) in [6.45, 7) is 5.64. The van der Waals surface area contributed by atoms with E-state index < -0.39 is 5.97 Å². The number of rotatable bonds is 8. The Morgan fingerprint density at radius 2 is 1.96 bits per heavy atom. The lowest BCUT2D eigenvalue weighted by Crippen LogP contribution is -2.51. The molecule has 0 spiro atoms. The molecule has 1 aliphatic heterocycles. The summed E-state index contributed by atoms with van der Waals surface area (Å²) in [5, 5.41) is 12.1. The predicted octanol–water partition coefficient (Wildman–Crippen LogP) is 2.22. The number of aliphatic carboxylic acids is 1. The standard InChI is InChI=1S/C21H31N3O4/c1-16(2)13-22-21(28)24-11-6-9-18(14-24)20(27)23(15-19(25)26)12-10-17-7-4-3-5-8-17/h3-5,7-8,16,18H,6,9-15H2,1-2H3,(H,22,28)(H,25,26). The maximum absolute atomic E-state index is 13.0. The number of benzene rings is 1. The molecule has 1 aromatic rings. The molecule has 0 saturated carbocycles. The first kappa shape index (κ1) is 21.7. The molecule has 1 unspecified atom stereocenters. The minimum absolute atomic E-state index is 0.153. The number of carbonyl (C=O) groups is 3. The average Bonchev–Trinajstić information content (AvgIpc) is 2.69. The maximum atomic E-state index is 13.0. The summed E-state index contributed by atoms with van der Waals surface area (Å²) in [6, 6.07) is 9.54. The van der Waals surface area contributed by atoms with Gasteiger partial charge in [-0.2, -0.15) is 0 Å². The van der Waals surface area contributed by atoms with Gasteiger partial charge in [0.15, 0.2) is 0 Å². The van der Waals surface area contributed by atoms with Crippen LogP contribution in [0.2, 0.25) is 0 Å². The Bertz CT molecular complexity index is 663. The number of likely N-dealkylation sites (tertiary alicyclic amines) is 1. The number of hydrogen-bond donors (Lipinski definition) is 2. The summed E-state index contributed by atoms with van der Waals surface area (Å²) in [6.07, 6.45) is 2.02. The van der Waals surface area contributed by atoms with Gasteiger partial charge in [0.1, 0.15) is 6.54 Å². The SMILES string of the molecule is CC(C)CNC(=O)N1CCCC(C(=O)N(CCc2ccccc2)CC(=O)O)C1. The Labute approximate surface area is 166 Å². The van der Waals surface area contributed by atoms with Crippen molar-refractivity contribution in [2.75, 3.05) is 32.7 Å². The average molecular weight is 389 g/mol. The second-order valence-corrected chi connectivity index (χ2v) is 7.75. The van der Waals surface area contributed by atoms with E-state index in [1.807, 2.05) is 44.2 Å². The van der Waals surface area contributed by atoms with Gasteiger partial charge in [-0.3, -0.25) is 9.59 Å². The van der Waals surface area contributed by atoms with Crippen molar-refractivity contribution in [3.8, 4) is 0 Å². The number of carboxylic acid groups (broad SMARTS) is 1. The van der Waals surface area contributed by atoms with Gasteiger partial charge in [0.05, 0.1) is 5.92 Å². The minimum Gasteiger partial charge on any atom is -0.480 e. The van der Waals surface area contributed by atoms with Crippen LogP contribution >= 0.6 is 0 Å². The van der Waals surface area contributed by atoms with E-state index in [2.05, 4.69) is 5.32 Å². The molecule has 154 valence electrons. The fraction of sp³-hybridized carbons (Fsp3) is 0.571. The molecule has 3 amide bonds. The lowest BCUT2D eigenvalue weighted by Gasteiger charge is -2.34. The highest BCUT2D eigenvalue weighted by Gasteiger charge is 2.31. The molecular weight excluding hydrogens is 358 g/mol. The highest BCUT2D eigenvalue weighted by Crippen LogP contribution is 2.19. The van der Waals surface area contributed by atoms with E-state index in [4.69, 9.17) is 0 Å². The van der Waals surface area contributed by atoms with Crippen molar-refractivity contribution in [2.24, 2.45) is 11.8 Å². The highest BCUT2D eigenvalue weighted by atomic mass is 16.4. The van der Waals surface area contributed by atoms with E-state index in [9.17, 15) is 19.5 Å². The number of nitrogens with one attached hydrogen (secondary N) is 1. The summed E-state index contributed by atoms with van der Waals surface area (Å²) in [7, 11) is 0. The summed E-state index contributed by atoms with van der Waals surface area (Å²) in [4.78, 5) is 39.7. The molecular formula is C21H31N3O4. The van der Waals surface area contributed by atoms with E-state index in [0.29, 0.717) is 44.9 Å². The Morgan fingerprint density at radius 1 is 1.25 bits per heavy atom. The fourth-order valence-electron chi connectivity index (χ4n) is 3.36. The van der Waals surface area contributed by atoms with Crippen molar-refractivity contribution >= 4 is 17.9 Å². The van der Waals surface area contributed by atoms with Crippen molar-refractivity contribution < 1.29 is 19.5 Å². The summed E-state index contributed by atoms with van der Waals surface area (Å²) in [5.74, 6) is -1.20. The lowest BCUT2D eigenvalue weighted by atomic mass is 9.96. The minimum atomic E-state index is -1.02. The third-order valence-corrected chi connectivity index (χ3v) is 4.87. The lowest BCUT2D eigenvalue weighted by molar-refractivity contribution is -0.147. The van der Waals surface area contributed by atoms with Crippen LogP contribution in [0.25, 0.3) is 0 Å². The first-order valence-corrected chi connectivity index (χ1v) is 9.94. The van der Waals surface area contributed by atoms with Crippen LogP contribution in [-0.4, -0.2) is 65.5 Å². The first-order chi connectivity index (χ1) is 13.4. The van der Waals surface area contributed by atoms with Crippen LogP contribution < -0.4 is 5.32 Å². The third kappa shape index (κ3) is 6.87. The van der Waals surface area contributed by atoms with Gasteiger partial charge in [-0.25, -0.2) is 4.79 Å². The quantitative estimate of drug-likeness (QED) is 0.713. The number of carbonyl (C=O) groups excluding carboxylic acids is 2. The molecule has 0 bridgehead atoms. The number of amides is 3. The number of hydrogen-bond acceptors (Lipinski definition) is 3. The van der Waals surface area contributed by atoms with Gasteiger partial charge in [-0.15, -0.1) is 0 Å². The van der Waals surface area contributed by atoms with Crippen molar-refractivity contribution in [1.29, 1.82) is 0 Å². The van der Waals surface area contributed by atoms with E-state index in [-0.39, 0.29) is 24.4 Å². The molecule has 1 aliphatic rings. The van der Waals surface area contributed by atoms with Crippen molar-refractivity contribution in [3.05, 3.63) is 35.9 Å². The molecule has 1 saturated heterocycles. The number of carboxylic acids is 1. The Hall–Kier alpha value is -2.57. The Kier molecular flexibility index (Phi) is 8.29. The Balaban J connectivity index is 1.97. The Morgan fingerprint density at radius 3 is 2.61 bits per heavy atom. The third-order valence-electron chi connectivity index (χ3n) is 4.87. The van der Waals surface area contributed by atoms with Gasteiger partial charge in [0.2, 0.25) is 5.91 Å². The molecule has 0 radical (unpaired) electrons. The number of nitrogens with zero attached hydrogens (tertiary/aromatic N) is 2. The monoisotopic (exact) mass is 389 g/mol. The van der Waals surface area contributed by atoms with Crippen LogP contribution in [0.5, 0.6) is 0 Å². The molecule has 0 aliphatic carbocycles. The van der Waals surface area contributed by atoms with E-state index in [1.54, 1.807) is 4.90 Å². The molecule has 2 rings (SSSR count). The van der Waals surface area contributed by atoms with Gasteiger partial charge >= 0.3 is 12.0 Å². The number of piperidine rings is 1. The van der Waals surface area contributed by atoms with E-state index in [0.717, 1.165) is 12.0 Å². The molecule has 1 heterocycles. The molecule has 1 atom stereocenters. The fourth-order valence-corrected chi connectivity index (χ4v) is 3.36. The molecule has 1 fully saturated rings. The van der Waals surface area contributed by atoms with Crippen LogP contribution in [0.1, 0.15) is 32.3 Å². The molecule has 28 heavy (non-hydrogen) atoms. The van der Waals surface area contributed by atoms with Crippen LogP contribution in [0.4, 0.5) is 4.79 Å². The van der Waals surface area contributed by atoms with Gasteiger partial charge in [0, 0.05) is 26.2 Å². The van der Waals surface area contributed by atoms with Crippen molar-refractivity contribution in [2.45, 2.75) is 33.1 Å². The summed E-state index contributed by atoms with van der Waals surface area (Å²) >= 11 is 0. The first-order valence-electron chi connectivity index (χ1n) is 9.94. The largest absolute Gasteiger partial charge is 0.480 e. The zero-order valence-corrected chi connectivity index (χ0v) is 16.8. The molecule has 0 aromatic heterocycles. The second-order valence-electron chi connectivity index (χ2n) is 7.75. The molecule has 2 N–H and O–H groups in total. The van der Waals surface area contributed by atoms with Crippen molar-refractivity contribution in [1.82, 2.24) is 15.1 Å². The topological polar surface area (TPSA) is 90.0 Å². The number of urea groups is 1. The van der Waals surface area contributed by atoms with Gasteiger partial charge < -0.3 is 20.2 Å². The maximum Gasteiger partial charge on any atom is 0.323 e. The van der Waals surface area contributed by atoms with Gasteiger partial charge in [0.25, 0.3) is 0 Å². The van der Waals surface area contributed by atoms with Crippen LogP contribution in [0.3, 0.4) is 0 Å². The summed E-state index contributed by atoms with van der Waals surface area (Å²) < 4.78 is 0. The van der Waals surface area contributed by atoms with Gasteiger partial charge in [-0.1, -0.05) is 44.2 Å². The molecule has 1 aromatic carbocycles. The van der Waals surface area contributed by atoms with E-state index >= 15 is 0 Å². The van der Waals surface area contributed by atoms with Crippen molar-refractivity contribution in [3.63, 3.8) is 0 Å². The van der Waals surface area contributed by atoms with Crippen LogP contribution in [-0.2, 0) is 16.0 Å². The molecule has 7 nitrogen and oxygen atoms in total. The normalized spacial score (nSPS) is 16.7. The molecule has 7 heteroatoms. The van der Waals surface area contributed by atoms with Gasteiger partial charge in [-0.05, 0) is 30.7 Å². The smallest absolute Gasteiger partial charge is 0.323 e. The zero-order chi connectivity index (χ0) is 20.5. The second kappa shape index (κ2) is 10.7. The summed E-state index contributed by atoms with van der Waals surface area (Å²) in [5.41, 5.74) is 1.06. The van der Waals surface area contributed by atoms with E-state index in [1.165, 1.54) is 4.90 Å². The van der Waals surface area contributed by atoms with Crippen LogP contribution in [0.15, 0.2) is 30.3 Å². The predicted molar refractivity (Wildman–Crippen MR) is 107 cm³/mol. The zero-order valence-electron chi connectivity index (χ0n) is 16.8. The highest BCUT2D eigenvalue weighted by molar-refractivity contribution is 5.84.